The number of carbonyl (C=O) groups is 1. The molecule has 0 saturated heterocycles. The fourth-order valence-corrected chi connectivity index (χ4v) is 4.16. The number of alkyl halides is 1. The van der Waals surface area contributed by atoms with E-state index in [1.165, 1.54) is 6.08 Å². The average molecular weight is 445 g/mol. The molecule has 0 aromatic carbocycles. The number of methoxy groups -OCH3 is 1. The minimum Gasteiger partial charge on any atom is -0.481 e. The molecule has 2 aromatic heterocycles. The van der Waals surface area contributed by atoms with Gasteiger partial charge >= 0.3 is 0 Å². The minimum atomic E-state index is -1.17. The summed E-state index contributed by atoms with van der Waals surface area (Å²) in [6, 6.07) is 7.36. The van der Waals surface area contributed by atoms with Crippen molar-refractivity contribution >= 4 is 11.6 Å². The number of hydrogen-bond acceptors (Lipinski definition) is 5. The Morgan fingerprint density at radius 2 is 2.12 bits per heavy atom. The number of hydrogen-bond donors (Lipinski definition) is 0. The average Bonchev–Trinajstić information content (AvgIpc) is 3.58. The number of aromatic nitrogens is 2. The zero-order valence-electron chi connectivity index (χ0n) is 18.4. The van der Waals surface area contributed by atoms with Crippen LogP contribution in [0.15, 0.2) is 77.2 Å². The van der Waals surface area contributed by atoms with Crippen LogP contribution in [0, 0.1) is 5.92 Å². The Morgan fingerprint density at radius 3 is 2.88 bits per heavy atom. The predicted octanol–water partition coefficient (Wildman–Crippen LogP) is 4.57. The lowest BCUT2D eigenvalue weighted by molar-refractivity contribution is 0.0744. The first-order chi connectivity index (χ1) is 16.1. The predicted molar refractivity (Wildman–Crippen MR) is 125 cm³/mol. The molecule has 168 valence electrons. The van der Waals surface area contributed by atoms with E-state index in [2.05, 4.69) is 15.0 Å². The molecule has 6 nitrogen and oxygen atoms in total. The van der Waals surface area contributed by atoms with Gasteiger partial charge < -0.3 is 9.64 Å². The lowest BCUT2D eigenvalue weighted by atomic mass is 9.94. The van der Waals surface area contributed by atoms with Gasteiger partial charge in [-0.15, -0.1) is 0 Å². The number of rotatable bonds is 8. The highest BCUT2D eigenvalue weighted by Gasteiger charge is 2.30. The maximum absolute atomic E-state index is 14.1. The van der Waals surface area contributed by atoms with E-state index in [1.807, 2.05) is 29.2 Å². The highest BCUT2D eigenvalue weighted by atomic mass is 19.1. The van der Waals surface area contributed by atoms with Gasteiger partial charge in [0.05, 0.1) is 12.8 Å². The Morgan fingerprint density at radius 1 is 1.24 bits per heavy atom. The van der Waals surface area contributed by atoms with Gasteiger partial charge in [0, 0.05) is 54.4 Å². The molecule has 0 spiro atoms. The third kappa shape index (κ3) is 4.49. The lowest BCUT2D eigenvalue weighted by Gasteiger charge is -2.24. The molecule has 0 bridgehead atoms. The lowest BCUT2D eigenvalue weighted by Crippen LogP contribution is -2.35. The van der Waals surface area contributed by atoms with E-state index in [9.17, 15) is 9.18 Å². The van der Waals surface area contributed by atoms with Crippen LogP contribution >= 0.6 is 0 Å². The van der Waals surface area contributed by atoms with Gasteiger partial charge in [0.1, 0.15) is 5.69 Å². The van der Waals surface area contributed by atoms with Crippen LogP contribution in [-0.2, 0) is 0 Å². The number of halogens is 1. The molecule has 1 saturated carbocycles. The maximum Gasteiger partial charge on any atom is 0.273 e. The summed E-state index contributed by atoms with van der Waals surface area (Å²) in [6.07, 6.45) is 11.9. The number of nitrogens with zero attached hydrogens (tertiary/aromatic N) is 4. The van der Waals surface area contributed by atoms with E-state index in [0.717, 1.165) is 35.1 Å². The SMILES string of the molecule is COc1ccc(-c2cccnc2C(=O)N(CCC2=CN=C3C2=CC=CC3F)CC2CC2)cn1. The second kappa shape index (κ2) is 9.10. The first kappa shape index (κ1) is 21.2. The maximum atomic E-state index is 14.1. The second-order valence-electron chi connectivity index (χ2n) is 8.47. The molecule has 1 unspecified atom stereocenters. The van der Waals surface area contributed by atoms with Gasteiger partial charge in [-0.2, -0.15) is 0 Å². The summed E-state index contributed by atoms with van der Waals surface area (Å²) < 4.78 is 19.3. The summed E-state index contributed by atoms with van der Waals surface area (Å²) in [6.45, 7) is 1.22. The zero-order valence-corrected chi connectivity index (χ0v) is 18.4. The molecule has 5 rings (SSSR count). The molecule has 0 radical (unpaired) electrons. The number of carbonyl (C=O) groups excluding carboxylic acids is 1. The second-order valence-corrected chi connectivity index (χ2v) is 8.47. The number of pyridine rings is 2. The molecule has 1 atom stereocenters. The van der Waals surface area contributed by atoms with Gasteiger partial charge in [0.2, 0.25) is 5.88 Å². The van der Waals surface area contributed by atoms with Crippen LogP contribution in [0.4, 0.5) is 4.39 Å². The first-order valence-corrected chi connectivity index (χ1v) is 11.2. The molecule has 3 aliphatic rings. The molecule has 1 amide bonds. The molecule has 2 aromatic rings. The summed E-state index contributed by atoms with van der Waals surface area (Å²) in [5, 5.41) is 0. The minimum absolute atomic E-state index is 0.103. The van der Waals surface area contributed by atoms with Gasteiger partial charge in [-0.1, -0.05) is 18.2 Å². The van der Waals surface area contributed by atoms with Crippen molar-refractivity contribution in [2.24, 2.45) is 10.9 Å². The smallest absolute Gasteiger partial charge is 0.273 e. The monoisotopic (exact) mass is 444 g/mol. The van der Waals surface area contributed by atoms with E-state index >= 15 is 0 Å². The highest BCUT2D eigenvalue weighted by molar-refractivity contribution is 6.11. The topological polar surface area (TPSA) is 67.7 Å². The van der Waals surface area contributed by atoms with Gasteiger partial charge in [-0.25, -0.2) is 9.37 Å². The summed E-state index contributed by atoms with van der Waals surface area (Å²) in [5.41, 5.74) is 4.23. The summed E-state index contributed by atoms with van der Waals surface area (Å²) in [5.74, 6) is 0.939. The summed E-state index contributed by atoms with van der Waals surface area (Å²) in [7, 11) is 1.57. The quantitative estimate of drug-likeness (QED) is 0.598. The van der Waals surface area contributed by atoms with E-state index < -0.39 is 6.17 Å². The number of ether oxygens (including phenoxy) is 1. The van der Waals surface area contributed by atoms with Gasteiger partial charge in [0.15, 0.2) is 6.17 Å². The van der Waals surface area contributed by atoms with Crippen LogP contribution in [0.25, 0.3) is 11.1 Å². The molecule has 3 heterocycles. The van der Waals surface area contributed by atoms with Crippen molar-refractivity contribution in [1.82, 2.24) is 14.9 Å². The zero-order chi connectivity index (χ0) is 22.8. The van der Waals surface area contributed by atoms with Crippen LogP contribution in [-0.4, -0.2) is 52.9 Å². The van der Waals surface area contributed by atoms with E-state index in [0.29, 0.717) is 42.7 Å². The highest BCUT2D eigenvalue weighted by Crippen LogP contribution is 2.33. The standard InChI is InChI=1S/C26H25FN4O2/c1-33-23-10-9-18(14-29-23)21-5-3-12-28-25(21)26(32)31(16-17-7-8-17)13-11-19-15-30-24-20(19)4-2-6-22(24)27/h2-6,9-10,12,14-15,17,22H,7-8,11,13,16H2,1H3. The van der Waals surface area contributed by atoms with Crippen molar-refractivity contribution in [2.45, 2.75) is 25.4 Å². The molecular weight excluding hydrogens is 419 g/mol. The van der Waals surface area contributed by atoms with Gasteiger partial charge in [-0.05, 0) is 49.0 Å². The Bertz CT molecular complexity index is 1180. The Labute approximate surface area is 192 Å². The van der Waals surface area contributed by atoms with Crippen molar-refractivity contribution in [3.05, 3.63) is 77.9 Å². The number of fused-ring (bicyclic) bond motifs is 1. The largest absolute Gasteiger partial charge is 0.481 e. The fourth-order valence-electron chi connectivity index (χ4n) is 4.16. The van der Waals surface area contributed by atoms with Crippen molar-refractivity contribution < 1.29 is 13.9 Å². The molecule has 1 fully saturated rings. The third-order valence-electron chi connectivity index (χ3n) is 6.17. The third-order valence-corrected chi connectivity index (χ3v) is 6.17. The van der Waals surface area contributed by atoms with Crippen LogP contribution < -0.4 is 4.74 Å². The van der Waals surface area contributed by atoms with Crippen LogP contribution in [0.3, 0.4) is 0 Å². The molecule has 7 heteroatoms. The molecule has 0 N–H and O–H groups in total. The summed E-state index contributed by atoms with van der Waals surface area (Å²) in [4.78, 5) is 28.5. The molecule has 1 aliphatic heterocycles. The van der Waals surface area contributed by atoms with Gasteiger partial charge in [0.25, 0.3) is 5.91 Å². The summed E-state index contributed by atoms with van der Waals surface area (Å²) >= 11 is 0. The van der Waals surface area contributed by atoms with E-state index in [1.54, 1.807) is 37.8 Å². The normalized spacial score (nSPS) is 18.8. The number of allylic oxidation sites excluding steroid dienone is 4. The van der Waals surface area contributed by atoms with Crippen molar-refractivity contribution in [3.63, 3.8) is 0 Å². The molecule has 2 aliphatic carbocycles. The first-order valence-electron chi connectivity index (χ1n) is 11.2. The van der Waals surface area contributed by atoms with E-state index in [-0.39, 0.29) is 5.91 Å². The van der Waals surface area contributed by atoms with Crippen molar-refractivity contribution in [2.75, 3.05) is 20.2 Å². The Kier molecular flexibility index (Phi) is 5.86. The number of aliphatic imine (C=N–C) groups is 1. The molecule has 33 heavy (non-hydrogen) atoms. The van der Waals surface area contributed by atoms with Crippen LogP contribution in [0.2, 0.25) is 0 Å². The van der Waals surface area contributed by atoms with Crippen molar-refractivity contribution in [3.8, 4) is 17.0 Å². The van der Waals surface area contributed by atoms with E-state index in [4.69, 9.17) is 4.74 Å². The number of amides is 1. The Hall–Kier alpha value is -3.61. The Balaban J connectivity index is 1.36. The fraction of sp³-hybridized carbons (Fsp3) is 0.308. The van der Waals surface area contributed by atoms with Gasteiger partial charge in [-0.3, -0.25) is 14.8 Å². The van der Waals surface area contributed by atoms with Crippen LogP contribution in [0.5, 0.6) is 5.88 Å². The molecular formula is C26H25FN4O2. The van der Waals surface area contributed by atoms with Crippen LogP contribution in [0.1, 0.15) is 29.8 Å². The van der Waals surface area contributed by atoms with Crippen molar-refractivity contribution in [1.29, 1.82) is 0 Å².